The van der Waals surface area contributed by atoms with Crippen molar-refractivity contribution >= 4 is 23.4 Å². The lowest BCUT2D eigenvalue weighted by Crippen LogP contribution is -2.30. The van der Waals surface area contributed by atoms with Gasteiger partial charge < -0.3 is 19.7 Å². The molecule has 0 fully saturated rings. The van der Waals surface area contributed by atoms with E-state index in [0.717, 1.165) is 17.5 Å². The summed E-state index contributed by atoms with van der Waals surface area (Å²) in [5, 5.41) is 7.89. The Morgan fingerprint density at radius 1 is 1.09 bits per heavy atom. The van der Waals surface area contributed by atoms with Crippen molar-refractivity contribution < 1.29 is 19.1 Å². The molecule has 2 heterocycles. The first-order valence-corrected chi connectivity index (χ1v) is 11.0. The van der Waals surface area contributed by atoms with Crippen molar-refractivity contribution in [3.05, 3.63) is 76.1 Å². The van der Waals surface area contributed by atoms with Gasteiger partial charge >= 0.3 is 0 Å². The maximum absolute atomic E-state index is 13.2. The molecule has 0 bridgehead atoms. The fourth-order valence-corrected chi connectivity index (χ4v) is 3.92. The van der Waals surface area contributed by atoms with E-state index in [-0.39, 0.29) is 24.1 Å². The topological polar surface area (TPSA) is 85.7 Å². The van der Waals surface area contributed by atoms with Crippen LogP contribution in [0.25, 0.3) is 0 Å². The van der Waals surface area contributed by atoms with Crippen LogP contribution < -0.4 is 14.8 Å². The number of amides is 2. The highest BCUT2D eigenvalue weighted by Crippen LogP contribution is 2.24. The third-order valence-corrected chi connectivity index (χ3v) is 5.78. The van der Waals surface area contributed by atoms with Crippen LogP contribution in [0.5, 0.6) is 11.5 Å². The summed E-state index contributed by atoms with van der Waals surface area (Å²) in [4.78, 5) is 27.7. The number of carbonyl (C=O) groups is 2. The quantitative estimate of drug-likeness (QED) is 0.573. The Morgan fingerprint density at radius 3 is 2.61 bits per heavy atom. The molecule has 9 heteroatoms. The third-order valence-electron chi connectivity index (χ3n) is 5.53. The summed E-state index contributed by atoms with van der Waals surface area (Å²) >= 11 is 5.96. The molecule has 1 aliphatic heterocycles. The van der Waals surface area contributed by atoms with E-state index >= 15 is 0 Å². The first kappa shape index (κ1) is 22.7. The second kappa shape index (κ2) is 9.95. The molecule has 33 heavy (non-hydrogen) atoms. The minimum absolute atomic E-state index is 0.150. The van der Waals surface area contributed by atoms with Crippen molar-refractivity contribution in [3.8, 4) is 11.5 Å². The van der Waals surface area contributed by atoms with Crippen LogP contribution in [-0.2, 0) is 19.6 Å². The molecule has 1 aliphatic rings. The summed E-state index contributed by atoms with van der Waals surface area (Å²) < 4.78 is 12.2. The molecule has 2 aromatic carbocycles. The van der Waals surface area contributed by atoms with E-state index in [4.69, 9.17) is 21.1 Å². The van der Waals surface area contributed by atoms with Crippen molar-refractivity contribution in [1.82, 2.24) is 20.0 Å². The van der Waals surface area contributed by atoms with Gasteiger partial charge in [-0.25, -0.2) is 0 Å². The molecular formula is C24H25ClN4O4. The van der Waals surface area contributed by atoms with Crippen LogP contribution >= 0.6 is 11.6 Å². The van der Waals surface area contributed by atoms with Crippen LogP contribution in [-0.4, -0.2) is 47.3 Å². The van der Waals surface area contributed by atoms with Gasteiger partial charge in [0.2, 0.25) is 0 Å². The van der Waals surface area contributed by atoms with Gasteiger partial charge in [0.05, 0.1) is 14.2 Å². The lowest BCUT2D eigenvalue weighted by atomic mass is 10.2. The number of rotatable bonds is 7. The van der Waals surface area contributed by atoms with Crippen LogP contribution in [0.4, 0.5) is 0 Å². The smallest absolute Gasteiger partial charge is 0.272 e. The average molecular weight is 469 g/mol. The maximum Gasteiger partial charge on any atom is 0.272 e. The Morgan fingerprint density at radius 2 is 1.88 bits per heavy atom. The number of nitrogens with zero attached hydrogens (tertiary/aromatic N) is 3. The number of carbonyl (C=O) groups excluding carboxylic acids is 2. The third kappa shape index (κ3) is 5.12. The van der Waals surface area contributed by atoms with E-state index in [1.807, 2.05) is 24.3 Å². The molecule has 0 saturated heterocycles. The van der Waals surface area contributed by atoms with Gasteiger partial charge in [0.15, 0.2) is 5.69 Å². The Bertz CT molecular complexity index is 1160. The van der Waals surface area contributed by atoms with E-state index in [1.165, 1.54) is 0 Å². The highest BCUT2D eigenvalue weighted by atomic mass is 35.5. The molecule has 8 nitrogen and oxygen atoms in total. The molecule has 2 amide bonds. The highest BCUT2D eigenvalue weighted by molar-refractivity contribution is 6.30. The van der Waals surface area contributed by atoms with Crippen molar-refractivity contribution in [2.75, 3.05) is 20.8 Å². The number of aryl methyl sites for hydroxylation is 1. The number of aromatic nitrogens is 2. The van der Waals surface area contributed by atoms with Crippen LogP contribution in [0.3, 0.4) is 0 Å². The molecule has 3 aromatic rings. The van der Waals surface area contributed by atoms with Gasteiger partial charge in [0, 0.05) is 42.8 Å². The molecule has 4 rings (SSSR count). The Hall–Kier alpha value is -3.52. The minimum Gasteiger partial charge on any atom is -0.497 e. The van der Waals surface area contributed by atoms with Crippen LogP contribution in [0.2, 0.25) is 5.02 Å². The monoisotopic (exact) mass is 468 g/mol. The molecule has 0 unspecified atom stereocenters. The molecule has 1 N–H and O–H groups in total. The zero-order chi connectivity index (χ0) is 23.4. The summed E-state index contributed by atoms with van der Waals surface area (Å²) in [6, 6.07) is 14.4. The van der Waals surface area contributed by atoms with E-state index < -0.39 is 0 Å². The average Bonchev–Trinajstić information content (AvgIpc) is 3.21. The number of hydrogen-bond donors (Lipinski definition) is 1. The fraction of sp³-hybridized carbons (Fsp3) is 0.292. The van der Waals surface area contributed by atoms with Crippen molar-refractivity contribution in [2.45, 2.75) is 26.1 Å². The van der Waals surface area contributed by atoms with Crippen molar-refractivity contribution in [2.24, 2.45) is 0 Å². The first-order chi connectivity index (χ1) is 16.0. The number of nitrogens with one attached hydrogen (secondary N) is 1. The van der Waals surface area contributed by atoms with E-state index in [2.05, 4.69) is 10.4 Å². The van der Waals surface area contributed by atoms with Gasteiger partial charge in [-0.2, -0.15) is 5.10 Å². The SMILES string of the molecule is COc1ccc(OC)c(CNC(=O)c2cc3n(n2)CCCN(Cc2ccc(Cl)cc2)C3=O)c1. The summed E-state index contributed by atoms with van der Waals surface area (Å²) in [6.45, 7) is 1.88. The molecule has 1 aromatic heterocycles. The number of hydrogen-bond acceptors (Lipinski definition) is 5. The largest absolute Gasteiger partial charge is 0.497 e. The van der Waals surface area contributed by atoms with Crippen molar-refractivity contribution in [1.29, 1.82) is 0 Å². The summed E-state index contributed by atoms with van der Waals surface area (Å²) in [6.07, 6.45) is 0.746. The molecule has 0 atom stereocenters. The molecule has 172 valence electrons. The molecule has 0 saturated carbocycles. The van der Waals surface area contributed by atoms with E-state index in [9.17, 15) is 9.59 Å². The molecule has 0 spiro atoms. The minimum atomic E-state index is -0.363. The number of benzene rings is 2. The zero-order valence-electron chi connectivity index (χ0n) is 18.5. The number of fused-ring (bicyclic) bond motifs is 1. The molecule has 0 aliphatic carbocycles. The highest BCUT2D eigenvalue weighted by Gasteiger charge is 2.26. The van der Waals surface area contributed by atoms with Crippen LogP contribution in [0, 0.1) is 0 Å². The first-order valence-electron chi connectivity index (χ1n) is 10.6. The van der Waals surface area contributed by atoms with Gasteiger partial charge in [-0.1, -0.05) is 23.7 Å². The van der Waals surface area contributed by atoms with Crippen LogP contribution in [0.15, 0.2) is 48.5 Å². The molecular weight excluding hydrogens is 444 g/mol. The van der Waals surface area contributed by atoms with Gasteiger partial charge in [-0.05, 0) is 42.3 Å². The van der Waals surface area contributed by atoms with E-state index in [0.29, 0.717) is 41.8 Å². The number of halogens is 1. The Balaban J connectivity index is 1.47. The Labute approximate surface area is 197 Å². The zero-order valence-corrected chi connectivity index (χ0v) is 19.3. The van der Waals surface area contributed by atoms with Crippen LogP contribution in [0.1, 0.15) is 38.5 Å². The van der Waals surface area contributed by atoms with Gasteiger partial charge in [0.1, 0.15) is 17.2 Å². The predicted octanol–water partition coefficient (Wildman–Crippen LogP) is 3.53. The number of ether oxygens (including phenoxy) is 2. The molecule has 0 radical (unpaired) electrons. The van der Waals surface area contributed by atoms with Crippen molar-refractivity contribution in [3.63, 3.8) is 0 Å². The summed E-state index contributed by atoms with van der Waals surface area (Å²) in [5.74, 6) is 0.797. The summed E-state index contributed by atoms with van der Waals surface area (Å²) in [5.41, 5.74) is 2.38. The maximum atomic E-state index is 13.2. The van der Waals surface area contributed by atoms with Gasteiger partial charge in [-0.3, -0.25) is 14.3 Å². The standard InChI is InChI=1S/C24H25ClN4O4/c1-32-19-8-9-22(33-2)17(12-19)14-26-23(30)20-13-21-24(31)28(10-3-11-29(21)27-20)15-16-4-6-18(25)7-5-16/h4-9,12-13H,3,10-11,14-15H2,1-2H3,(H,26,30). The second-order valence-corrected chi connectivity index (χ2v) is 8.14. The predicted molar refractivity (Wildman–Crippen MR) is 124 cm³/mol. The summed E-state index contributed by atoms with van der Waals surface area (Å²) in [7, 11) is 3.15. The second-order valence-electron chi connectivity index (χ2n) is 7.71. The van der Waals surface area contributed by atoms with E-state index in [1.54, 1.807) is 48.1 Å². The fourth-order valence-electron chi connectivity index (χ4n) is 3.79. The van der Waals surface area contributed by atoms with Gasteiger partial charge in [-0.15, -0.1) is 0 Å². The Kier molecular flexibility index (Phi) is 6.84. The normalized spacial score (nSPS) is 13.3. The van der Waals surface area contributed by atoms with Gasteiger partial charge in [0.25, 0.3) is 11.8 Å². The number of methoxy groups -OCH3 is 2. The lowest BCUT2D eigenvalue weighted by molar-refractivity contribution is 0.0745. The lowest BCUT2D eigenvalue weighted by Gasteiger charge is -2.20.